The predicted octanol–water partition coefficient (Wildman–Crippen LogP) is 3.72. The largest absolute Gasteiger partial charge is 0.507 e. The normalized spacial score (nSPS) is 18.3. The first-order valence-corrected chi connectivity index (χ1v) is 10.0. The van der Waals surface area contributed by atoms with E-state index >= 15 is 0 Å². The van der Waals surface area contributed by atoms with E-state index in [4.69, 9.17) is 16.3 Å². The van der Waals surface area contributed by atoms with Gasteiger partial charge in [-0.05, 0) is 56.9 Å². The number of carbonyl (C=O) groups excluding carboxylic acids is 2. The number of nitrogens with zero attached hydrogens (tertiary/aromatic N) is 2. The van der Waals surface area contributed by atoms with Crippen molar-refractivity contribution in [3.8, 4) is 5.75 Å². The van der Waals surface area contributed by atoms with E-state index in [1.807, 2.05) is 19.0 Å². The van der Waals surface area contributed by atoms with Gasteiger partial charge in [-0.1, -0.05) is 35.9 Å². The molecule has 1 N–H and O–H groups in total. The molecule has 2 aromatic rings. The van der Waals surface area contributed by atoms with Gasteiger partial charge >= 0.3 is 0 Å². The standard InChI is InChI=1S/C23H25ClN2O4/c1-25(2)11-6-12-26-20(15-7-4-9-17(24)13-15)19(22(28)23(26)29)21(27)16-8-5-10-18(14-16)30-3/h4-5,7-10,13-14,20,27H,6,11-12H2,1-3H3/b21-19+. The predicted molar refractivity (Wildman–Crippen MR) is 117 cm³/mol. The highest BCUT2D eigenvalue weighted by atomic mass is 35.5. The number of carbonyl (C=O) groups is 2. The van der Waals surface area contributed by atoms with Crippen LogP contribution in [0.5, 0.6) is 5.75 Å². The molecule has 1 heterocycles. The third-order valence-corrected chi connectivity index (χ3v) is 5.29. The first-order valence-electron chi connectivity index (χ1n) is 9.66. The fraction of sp³-hybridized carbons (Fsp3) is 0.304. The van der Waals surface area contributed by atoms with E-state index in [0.29, 0.717) is 34.9 Å². The van der Waals surface area contributed by atoms with Gasteiger partial charge in [-0.3, -0.25) is 9.59 Å². The Morgan fingerprint density at radius 3 is 2.57 bits per heavy atom. The maximum Gasteiger partial charge on any atom is 0.295 e. The lowest BCUT2D eigenvalue weighted by Gasteiger charge is -2.26. The van der Waals surface area contributed by atoms with E-state index in [1.165, 1.54) is 12.0 Å². The second kappa shape index (κ2) is 9.32. The molecular weight excluding hydrogens is 404 g/mol. The van der Waals surface area contributed by atoms with Gasteiger partial charge in [0, 0.05) is 17.1 Å². The van der Waals surface area contributed by atoms with Crippen LogP contribution in [0.4, 0.5) is 0 Å². The molecule has 6 nitrogen and oxygen atoms in total. The van der Waals surface area contributed by atoms with E-state index in [9.17, 15) is 14.7 Å². The number of aliphatic hydroxyl groups is 1. The Morgan fingerprint density at radius 2 is 1.90 bits per heavy atom. The van der Waals surface area contributed by atoms with Gasteiger partial charge in [-0.2, -0.15) is 0 Å². The summed E-state index contributed by atoms with van der Waals surface area (Å²) in [7, 11) is 5.42. The maximum atomic E-state index is 13.0. The van der Waals surface area contributed by atoms with Crippen LogP contribution in [-0.4, -0.2) is 60.9 Å². The molecule has 1 unspecified atom stereocenters. The Hall–Kier alpha value is -2.83. The molecule has 30 heavy (non-hydrogen) atoms. The molecule has 1 fully saturated rings. The number of aliphatic hydroxyl groups excluding tert-OH is 1. The number of likely N-dealkylation sites (tertiary alicyclic amines) is 1. The number of hydrogen-bond donors (Lipinski definition) is 1. The van der Waals surface area contributed by atoms with Crippen LogP contribution in [0, 0.1) is 0 Å². The number of Topliss-reactive ketones (excluding diaryl/α,β-unsaturated/α-hetero) is 1. The zero-order valence-corrected chi connectivity index (χ0v) is 18.0. The van der Waals surface area contributed by atoms with E-state index in [1.54, 1.807) is 48.5 Å². The third-order valence-electron chi connectivity index (χ3n) is 5.05. The SMILES string of the molecule is COc1cccc(/C(O)=C2\C(=O)C(=O)N(CCCN(C)C)C2c2cccc(Cl)c2)c1. The minimum Gasteiger partial charge on any atom is -0.507 e. The van der Waals surface area contributed by atoms with Crippen LogP contribution < -0.4 is 4.74 Å². The molecule has 3 rings (SSSR count). The molecule has 158 valence electrons. The van der Waals surface area contributed by atoms with Gasteiger partial charge in [-0.15, -0.1) is 0 Å². The van der Waals surface area contributed by atoms with Crippen molar-refractivity contribution in [2.75, 3.05) is 34.3 Å². The van der Waals surface area contributed by atoms with E-state index in [0.717, 1.165) is 6.54 Å². The van der Waals surface area contributed by atoms with Crippen molar-refractivity contribution in [1.29, 1.82) is 0 Å². The fourth-order valence-corrected chi connectivity index (χ4v) is 3.82. The number of rotatable bonds is 7. The summed E-state index contributed by atoms with van der Waals surface area (Å²) in [5, 5.41) is 11.5. The molecular formula is C23H25ClN2O4. The second-order valence-electron chi connectivity index (χ2n) is 7.44. The average molecular weight is 429 g/mol. The van der Waals surface area contributed by atoms with Crippen molar-refractivity contribution < 1.29 is 19.4 Å². The van der Waals surface area contributed by atoms with Gasteiger partial charge in [0.1, 0.15) is 11.5 Å². The first-order chi connectivity index (χ1) is 14.3. The number of ketones is 1. The van der Waals surface area contributed by atoms with E-state index in [2.05, 4.69) is 0 Å². The van der Waals surface area contributed by atoms with Gasteiger partial charge in [-0.25, -0.2) is 0 Å². The molecule has 0 spiro atoms. The van der Waals surface area contributed by atoms with Gasteiger partial charge in [0.05, 0.1) is 18.7 Å². The highest BCUT2D eigenvalue weighted by Crippen LogP contribution is 2.40. The summed E-state index contributed by atoms with van der Waals surface area (Å²) in [5.41, 5.74) is 1.14. The van der Waals surface area contributed by atoms with Gasteiger partial charge < -0.3 is 19.6 Å². The van der Waals surface area contributed by atoms with Crippen LogP contribution in [-0.2, 0) is 9.59 Å². The molecule has 0 aromatic heterocycles. The average Bonchev–Trinajstić information content (AvgIpc) is 2.98. The Balaban J connectivity index is 2.11. The molecule has 1 atom stereocenters. The molecule has 0 aliphatic carbocycles. The Bertz CT molecular complexity index is 987. The van der Waals surface area contributed by atoms with E-state index < -0.39 is 17.7 Å². The lowest BCUT2D eigenvalue weighted by molar-refractivity contribution is -0.139. The maximum absolute atomic E-state index is 13.0. The van der Waals surface area contributed by atoms with Crippen molar-refractivity contribution >= 4 is 29.1 Å². The summed E-state index contributed by atoms with van der Waals surface area (Å²) < 4.78 is 5.22. The molecule has 0 saturated carbocycles. The minimum atomic E-state index is -0.711. The molecule has 7 heteroatoms. The number of halogens is 1. The first kappa shape index (κ1) is 21.9. The quantitative estimate of drug-likeness (QED) is 0.413. The van der Waals surface area contributed by atoms with Crippen molar-refractivity contribution in [2.24, 2.45) is 0 Å². The monoisotopic (exact) mass is 428 g/mol. The number of ether oxygens (including phenoxy) is 1. The molecule has 1 aliphatic heterocycles. The lowest BCUT2D eigenvalue weighted by Crippen LogP contribution is -2.32. The molecule has 1 amide bonds. The van der Waals surface area contributed by atoms with Crippen molar-refractivity contribution in [3.05, 3.63) is 70.3 Å². The Morgan fingerprint density at radius 1 is 1.17 bits per heavy atom. The van der Waals surface area contributed by atoms with Crippen LogP contribution in [0.15, 0.2) is 54.1 Å². The fourth-order valence-electron chi connectivity index (χ4n) is 3.62. The van der Waals surface area contributed by atoms with Crippen LogP contribution >= 0.6 is 11.6 Å². The lowest BCUT2D eigenvalue weighted by atomic mass is 9.95. The summed E-state index contributed by atoms with van der Waals surface area (Å²) in [6, 6.07) is 13.1. The Labute approximate surface area is 181 Å². The van der Waals surface area contributed by atoms with Crippen molar-refractivity contribution in [3.63, 3.8) is 0 Å². The van der Waals surface area contributed by atoms with Crippen LogP contribution in [0.25, 0.3) is 5.76 Å². The highest BCUT2D eigenvalue weighted by Gasteiger charge is 2.45. The molecule has 1 aliphatic rings. The van der Waals surface area contributed by atoms with E-state index in [-0.39, 0.29) is 11.3 Å². The van der Waals surface area contributed by atoms with Gasteiger partial charge in [0.15, 0.2) is 0 Å². The van der Waals surface area contributed by atoms with Crippen LogP contribution in [0.2, 0.25) is 5.02 Å². The number of methoxy groups -OCH3 is 1. The van der Waals surface area contributed by atoms with Crippen LogP contribution in [0.3, 0.4) is 0 Å². The van der Waals surface area contributed by atoms with Gasteiger partial charge in [0.2, 0.25) is 0 Å². The smallest absolute Gasteiger partial charge is 0.295 e. The molecule has 1 saturated heterocycles. The highest BCUT2D eigenvalue weighted by molar-refractivity contribution is 6.46. The molecule has 0 bridgehead atoms. The molecule has 0 radical (unpaired) electrons. The summed E-state index contributed by atoms with van der Waals surface area (Å²) in [6.07, 6.45) is 0.691. The summed E-state index contributed by atoms with van der Waals surface area (Å²) >= 11 is 6.18. The molecule has 2 aromatic carbocycles. The summed E-state index contributed by atoms with van der Waals surface area (Å²) in [4.78, 5) is 29.4. The second-order valence-corrected chi connectivity index (χ2v) is 7.87. The summed E-state index contributed by atoms with van der Waals surface area (Å²) in [6.45, 7) is 1.15. The topological polar surface area (TPSA) is 70.1 Å². The number of benzene rings is 2. The Kier molecular flexibility index (Phi) is 6.80. The number of amides is 1. The zero-order chi connectivity index (χ0) is 21.8. The minimum absolute atomic E-state index is 0.0559. The van der Waals surface area contributed by atoms with Crippen LogP contribution in [0.1, 0.15) is 23.6 Å². The van der Waals surface area contributed by atoms with Crippen molar-refractivity contribution in [2.45, 2.75) is 12.5 Å². The van der Waals surface area contributed by atoms with Gasteiger partial charge in [0.25, 0.3) is 11.7 Å². The number of hydrogen-bond acceptors (Lipinski definition) is 5. The third kappa shape index (κ3) is 4.50. The summed E-state index contributed by atoms with van der Waals surface area (Å²) in [5.74, 6) is -1.01. The van der Waals surface area contributed by atoms with Crippen molar-refractivity contribution in [1.82, 2.24) is 9.80 Å². The zero-order valence-electron chi connectivity index (χ0n) is 17.3.